The lowest BCUT2D eigenvalue weighted by Gasteiger charge is -2.19. The van der Waals surface area contributed by atoms with Crippen LogP contribution < -0.4 is 5.32 Å². The van der Waals surface area contributed by atoms with Gasteiger partial charge in [0.2, 0.25) is 6.41 Å². The lowest BCUT2D eigenvalue weighted by Crippen LogP contribution is -2.35. The summed E-state index contributed by atoms with van der Waals surface area (Å²) in [7, 11) is 0. The Morgan fingerprint density at radius 2 is 1.61 bits per heavy atom. The third kappa shape index (κ3) is 3.12. The first kappa shape index (κ1) is 13.1. The molecule has 0 unspecified atom stereocenters. The number of likely N-dealkylation sites (tertiary alicyclic amines) is 1. The van der Waals surface area contributed by atoms with Gasteiger partial charge in [0, 0.05) is 13.1 Å². The number of hydrogen-bond acceptors (Lipinski definition) is 2. The fourth-order valence-electron chi connectivity index (χ4n) is 2.86. The molecule has 1 saturated carbocycles. The molecule has 0 aromatic carbocycles. The Balaban J connectivity index is 2.16. The molecule has 1 aliphatic carbocycles. The smallest absolute Gasteiger partial charge is 0.270 e. The molecule has 2 fully saturated rings. The highest BCUT2D eigenvalue weighted by molar-refractivity contribution is 5.95. The minimum Gasteiger partial charge on any atom is -0.337 e. The van der Waals surface area contributed by atoms with Gasteiger partial charge >= 0.3 is 0 Å². The predicted molar refractivity (Wildman–Crippen MR) is 69.7 cm³/mol. The molecule has 2 amide bonds. The van der Waals surface area contributed by atoms with E-state index >= 15 is 0 Å². The number of rotatable bonds is 3. The fraction of sp³-hybridized carbons (Fsp3) is 0.714. The van der Waals surface area contributed by atoms with Crippen LogP contribution in [0.3, 0.4) is 0 Å². The van der Waals surface area contributed by atoms with E-state index in [4.69, 9.17) is 0 Å². The van der Waals surface area contributed by atoms with E-state index in [1.54, 1.807) is 0 Å². The third-order valence-corrected chi connectivity index (χ3v) is 3.87. The van der Waals surface area contributed by atoms with E-state index in [2.05, 4.69) is 5.32 Å². The maximum Gasteiger partial charge on any atom is 0.270 e. The zero-order valence-corrected chi connectivity index (χ0v) is 10.9. The molecule has 0 atom stereocenters. The molecule has 0 aromatic rings. The topological polar surface area (TPSA) is 49.4 Å². The van der Waals surface area contributed by atoms with Crippen molar-refractivity contribution in [2.75, 3.05) is 13.1 Å². The summed E-state index contributed by atoms with van der Waals surface area (Å²) in [5.74, 6) is 0.0245. The summed E-state index contributed by atoms with van der Waals surface area (Å²) in [5, 5.41) is 2.66. The van der Waals surface area contributed by atoms with E-state index in [1.165, 1.54) is 12.8 Å². The second kappa shape index (κ2) is 6.57. The first-order valence-electron chi connectivity index (χ1n) is 7.04. The van der Waals surface area contributed by atoms with E-state index in [0.717, 1.165) is 57.2 Å². The van der Waals surface area contributed by atoms with Crippen LogP contribution in [-0.2, 0) is 9.59 Å². The lowest BCUT2D eigenvalue weighted by molar-refractivity contribution is -0.127. The average molecular weight is 250 g/mol. The summed E-state index contributed by atoms with van der Waals surface area (Å²) in [5.41, 5.74) is 1.71. The molecule has 2 aliphatic rings. The van der Waals surface area contributed by atoms with E-state index in [-0.39, 0.29) is 5.91 Å². The van der Waals surface area contributed by atoms with Crippen molar-refractivity contribution < 1.29 is 9.59 Å². The van der Waals surface area contributed by atoms with Gasteiger partial charge in [-0.3, -0.25) is 9.59 Å². The van der Waals surface area contributed by atoms with E-state index < -0.39 is 0 Å². The molecule has 1 N–H and O–H groups in total. The van der Waals surface area contributed by atoms with Crippen LogP contribution in [0.15, 0.2) is 11.3 Å². The fourth-order valence-corrected chi connectivity index (χ4v) is 2.86. The number of nitrogens with one attached hydrogen (secondary N) is 1. The maximum absolute atomic E-state index is 12.4. The van der Waals surface area contributed by atoms with Crippen molar-refractivity contribution in [2.45, 2.75) is 51.4 Å². The van der Waals surface area contributed by atoms with Crippen LogP contribution in [0.5, 0.6) is 0 Å². The van der Waals surface area contributed by atoms with Gasteiger partial charge in [0.15, 0.2) is 0 Å². The summed E-state index contributed by atoms with van der Waals surface area (Å²) in [6.45, 7) is 1.66. The predicted octanol–water partition coefficient (Wildman–Crippen LogP) is 1.96. The monoisotopic (exact) mass is 250 g/mol. The molecule has 0 aromatic heterocycles. The van der Waals surface area contributed by atoms with Crippen molar-refractivity contribution in [3.63, 3.8) is 0 Å². The van der Waals surface area contributed by atoms with Gasteiger partial charge in [-0.05, 0) is 44.1 Å². The molecule has 0 radical (unpaired) electrons. The minimum atomic E-state index is 0.0245. The molecule has 4 nitrogen and oxygen atoms in total. The Labute approximate surface area is 108 Å². The molecule has 18 heavy (non-hydrogen) atoms. The average Bonchev–Trinajstić information content (AvgIpc) is 2.79. The summed E-state index contributed by atoms with van der Waals surface area (Å²) in [6.07, 6.45) is 9.43. The number of carbonyl (C=O) groups is 2. The van der Waals surface area contributed by atoms with Gasteiger partial charge in [0.1, 0.15) is 5.70 Å². The number of hydrogen-bond donors (Lipinski definition) is 1. The van der Waals surface area contributed by atoms with Gasteiger partial charge in [0.25, 0.3) is 5.91 Å². The Morgan fingerprint density at radius 3 is 2.17 bits per heavy atom. The van der Waals surface area contributed by atoms with Crippen LogP contribution in [0.2, 0.25) is 0 Å². The van der Waals surface area contributed by atoms with Crippen LogP contribution in [0.1, 0.15) is 51.4 Å². The summed E-state index contributed by atoms with van der Waals surface area (Å²) in [6, 6.07) is 0. The van der Waals surface area contributed by atoms with Gasteiger partial charge in [-0.1, -0.05) is 12.8 Å². The molecule has 100 valence electrons. The first-order chi connectivity index (χ1) is 8.83. The summed E-state index contributed by atoms with van der Waals surface area (Å²) >= 11 is 0. The molecule has 4 heteroatoms. The molecule has 1 heterocycles. The number of carbonyl (C=O) groups excluding carboxylic acids is 2. The standard InChI is InChI=1S/C14H22N2O2/c17-11-15-13(12-7-3-1-2-4-8-12)14(18)16-9-5-6-10-16/h11H,1-10H2,(H,15,17). The molecule has 1 aliphatic heterocycles. The van der Waals surface area contributed by atoms with Crippen molar-refractivity contribution in [3.05, 3.63) is 11.3 Å². The highest BCUT2D eigenvalue weighted by atomic mass is 16.2. The lowest BCUT2D eigenvalue weighted by atomic mass is 10.0. The Hall–Kier alpha value is -1.32. The molecular weight excluding hydrogens is 228 g/mol. The van der Waals surface area contributed by atoms with Crippen LogP contribution in [0.25, 0.3) is 0 Å². The van der Waals surface area contributed by atoms with Gasteiger partial charge in [-0.15, -0.1) is 0 Å². The molecule has 1 saturated heterocycles. The van der Waals surface area contributed by atoms with Crippen molar-refractivity contribution in [3.8, 4) is 0 Å². The second-order valence-electron chi connectivity index (χ2n) is 5.15. The highest BCUT2D eigenvalue weighted by Gasteiger charge is 2.24. The summed E-state index contributed by atoms with van der Waals surface area (Å²) < 4.78 is 0. The summed E-state index contributed by atoms with van der Waals surface area (Å²) in [4.78, 5) is 25.0. The van der Waals surface area contributed by atoms with Crippen LogP contribution in [0, 0.1) is 0 Å². The van der Waals surface area contributed by atoms with Crippen LogP contribution in [-0.4, -0.2) is 30.3 Å². The molecular formula is C14H22N2O2. The quantitative estimate of drug-likeness (QED) is 0.473. The van der Waals surface area contributed by atoms with Gasteiger partial charge < -0.3 is 10.2 Å². The maximum atomic E-state index is 12.4. The van der Waals surface area contributed by atoms with Crippen LogP contribution >= 0.6 is 0 Å². The zero-order chi connectivity index (χ0) is 12.8. The number of nitrogens with zero attached hydrogens (tertiary/aromatic N) is 1. The number of allylic oxidation sites excluding steroid dienone is 1. The van der Waals surface area contributed by atoms with E-state index in [9.17, 15) is 9.59 Å². The SMILES string of the molecule is O=CNC(C(=O)N1CCCC1)=C1CCCCCC1. The van der Waals surface area contributed by atoms with E-state index in [0.29, 0.717) is 12.1 Å². The second-order valence-corrected chi connectivity index (χ2v) is 5.15. The molecule has 0 bridgehead atoms. The Morgan fingerprint density at radius 1 is 1.00 bits per heavy atom. The molecule has 2 rings (SSSR count). The van der Waals surface area contributed by atoms with Crippen molar-refractivity contribution in [1.29, 1.82) is 0 Å². The third-order valence-electron chi connectivity index (χ3n) is 3.87. The number of amides is 2. The van der Waals surface area contributed by atoms with Gasteiger partial charge in [-0.25, -0.2) is 0 Å². The first-order valence-corrected chi connectivity index (χ1v) is 7.04. The molecule has 0 spiro atoms. The normalized spacial score (nSPS) is 20.4. The van der Waals surface area contributed by atoms with Gasteiger partial charge in [-0.2, -0.15) is 0 Å². The zero-order valence-electron chi connectivity index (χ0n) is 10.9. The van der Waals surface area contributed by atoms with Crippen molar-refractivity contribution >= 4 is 12.3 Å². The van der Waals surface area contributed by atoms with Crippen molar-refractivity contribution in [1.82, 2.24) is 10.2 Å². The van der Waals surface area contributed by atoms with E-state index in [1.807, 2.05) is 4.90 Å². The Kier molecular flexibility index (Phi) is 4.79. The van der Waals surface area contributed by atoms with Gasteiger partial charge in [0.05, 0.1) is 0 Å². The minimum absolute atomic E-state index is 0.0245. The Bertz CT molecular complexity index is 334. The van der Waals surface area contributed by atoms with Crippen LogP contribution in [0.4, 0.5) is 0 Å². The van der Waals surface area contributed by atoms with Crippen molar-refractivity contribution in [2.24, 2.45) is 0 Å². The largest absolute Gasteiger partial charge is 0.337 e. The highest BCUT2D eigenvalue weighted by Crippen LogP contribution is 2.25.